The van der Waals surface area contributed by atoms with E-state index >= 15 is 0 Å². The minimum absolute atomic E-state index is 0.339. The largest absolute Gasteiger partial charge is 0.490 e. The number of rotatable bonds is 2. The van der Waals surface area contributed by atoms with Gasteiger partial charge in [-0.05, 0) is 58.3 Å². The molecule has 4 nitrogen and oxygen atoms in total. The number of para-hydroxylation sites is 2. The Bertz CT molecular complexity index is 653. The van der Waals surface area contributed by atoms with Crippen LogP contribution in [0.3, 0.4) is 0 Å². The second kappa shape index (κ2) is 4.72. The van der Waals surface area contributed by atoms with Crippen molar-refractivity contribution in [3.8, 4) is 0 Å². The van der Waals surface area contributed by atoms with Gasteiger partial charge in [0.15, 0.2) is 5.58 Å². The molecule has 1 saturated heterocycles. The van der Waals surface area contributed by atoms with Gasteiger partial charge in [-0.3, -0.25) is 0 Å². The van der Waals surface area contributed by atoms with Crippen LogP contribution >= 0.6 is 0 Å². The van der Waals surface area contributed by atoms with E-state index in [2.05, 4.69) is 4.98 Å². The molecule has 1 aromatic heterocycles. The third-order valence-corrected chi connectivity index (χ3v) is 4.29. The maximum Gasteiger partial charge on any atom is 0.490 e. The number of benzene rings is 1. The highest BCUT2D eigenvalue weighted by molar-refractivity contribution is 6.55. The van der Waals surface area contributed by atoms with Crippen molar-refractivity contribution in [1.82, 2.24) is 4.98 Å². The Morgan fingerprint density at radius 1 is 1.10 bits per heavy atom. The molecule has 5 heteroatoms. The first-order valence-corrected chi connectivity index (χ1v) is 7.18. The van der Waals surface area contributed by atoms with Gasteiger partial charge in [-0.25, -0.2) is 4.98 Å². The lowest BCUT2D eigenvalue weighted by atomic mass is 9.79. The van der Waals surface area contributed by atoms with Crippen molar-refractivity contribution in [3.05, 3.63) is 35.6 Å². The minimum Gasteiger partial charge on any atom is -0.437 e. The van der Waals surface area contributed by atoms with Crippen molar-refractivity contribution < 1.29 is 13.7 Å². The lowest BCUT2D eigenvalue weighted by molar-refractivity contribution is 0.00578. The number of fused-ring (bicyclic) bond motifs is 1. The molecule has 0 N–H and O–H groups in total. The average Bonchev–Trinajstić information content (AvgIpc) is 2.87. The van der Waals surface area contributed by atoms with Crippen molar-refractivity contribution in [2.45, 2.75) is 45.8 Å². The first-order chi connectivity index (χ1) is 9.78. The Balaban J connectivity index is 1.87. The number of aromatic nitrogens is 1. The summed E-state index contributed by atoms with van der Waals surface area (Å²) < 4.78 is 17.7. The summed E-state index contributed by atoms with van der Waals surface area (Å²) in [4.78, 5) is 4.44. The molecule has 1 aromatic carbocycles. The normalized spacial score (nSPS) is 21.2. The molecule has 0 amide bonds. The van der Waals surface area contributed by atoms with Crippen LogP contribution in [0, 0.1) is 0 Å². The molecule has 0 atom stereocenters. The number of oxazole rings is 1. The molecule has 0 radical (unpaired) electrons. The van der Waals surface area contributed by atoms with Gasteiger partial charge in [-0.15, -0.1) is 0 Å². The molecule has 3 rings (SSSR count). The van der Waals surface area contributed by atoms with E-state index in [9.17, 15) is 0 Å². The number of allylic oxidation sites excluding steroid dienone is 1. The topological polar surface area (TPSA) is 44.5 Å². The van der Waals surface area contributed by atoms with Crippen LogP contribution in [0.1, 0.15) is 40.5 Å². The highest BCUT2D eigenvalue weighted by atomic mass is 16.7. The zero-order valence-electron chi connectivity index (χ0n) is 13.1. The molecule has 2 heterocycles. The Labute approximate surface area is 125 Å². The predicted octanol–water partition coefficient (Wildman–Crippen LogP) is 3.86. The summed E-state index contributed by atoms with van der Waals surface area (Å²) in [6, 6.07) is 7.71. The van der Waals surface area contributed by atoms with Crippen molar-refractivity contribution in [2.75, 3.05) is 0 Å². The standard InChI is InChI=1S/C16H20BNO3/c1-11(17-20-15(2,3)16(4,5)21-17)10-14-18-12-8-6-7-9-13(12)19-14/h6-10H,1-5H3/b11-10+. The summed E-state index contributed by atoms with van der Waals surface area (Å²) in [6.45, 7) is 10.1. The Morgan fingerprint density at radius 3 is 2.33 bits per heavy atom. The smallest absolute Gasteiger partial charge is 0.437 e. The lowest BCUT2D eigenvalue weighted by Crippen LogP contribution is -2.41. The fraction of sp³-hybridized carbons (Fsp3) is 0.438. The first-order valence-electron chi connectivity index (χ1n) is 7.18. The van der Waals surface area contributed by atoms with E-state index in [1.54, 1.807) is 0 Å². The van der Waals surface area contributed by atoms with Crippen LogP contribution in [-0.2, 0) is 9.31 Å². The SMILES string of the molecule is C/C(=C\c1nc2ccccc2o1)B1OC(C)(C)C(C)(C)O1. The van der Waals surface area contributed by atoms with E-state index in [0.29, 0.717) is 5.89 Å². The molecule has 110 valence electrons. The number of hydrogen-bond donors (Lipinski definition) is 0. The molecule has 1 aliphatic rings. The van der Waals surface area contributed by atoms with Gasteiger partial charge in [0.25, 0.3) is 0 Å². The van der Waals surface area contributed by atoms with Gasteiger partial charge in [-0.1, -0.05) is 12.1 Å². The monoisotopic (exact) mass is 285 g/mol. The molecule has 21 heavy (non-hydrogen) atoms. The second-order valence-corrected chi connectivity index (χ2v) is 6.50. The van der Waals surface area contributed by atoms with Crippen molar-refractivity contribution in [3.63, 3.8) is 0 Å². The van der Waals surface area contributed by atoms with Gasteiger partial charge in [0.1, 0.15) is 5.52 Å². The average molecular weight is 285 g/mol. The van der Waals surface area contributed by atoms with Crippen LogP contribution in [0.2, 0.25) is 0 Å². The van der Waals surface area contributed by atoms with Gasteiger partial charge in [0.05, 0.1) is 11.2 Å². The van der Waals surface area contributed by atoms with Crippen LogP contribution in [-0.4, -0.2) is 23.3 Å². The third-order valence-electron chi connectivity index (χ3n) is 4.29. The fourth-order valence-corrected chi connectivity index (χ4v) is 2.24. The Kier molecular flexibility index (Phi) is 3.22. The number of nitrogens with zero attached hydrogens (tertiary/aromatic N) is 1. The Morgan fingerprint density at radius 2 is 1.71 bits per heavy atom. The zero-order chi connectivity index (χ0) is 15.3. The van der Waals surface area contributed by atoms with Crippen LogP contribution < -0.4 is 0 Å². The van der Waals surface area contributed by atoms with Crippen LogP contribution in [0.5, 0.6) is 0 Å². The molecular weight excluding hydrogens is 265 g/mol. The molecule has 0 saturated carbocycles. The summed E-state index contributed by atoms with van der Waals surface area (Å²) in [5.41, 5.74) is 1.90. The van der Waals surface area contributed by atoms with Crippen LogP contribution in [0.15, 0.2) is 34.2 Å². The maximum absolute atomic E-state index is 6.01. The lowest BCUT2D eigenvalue weighted by Gasteiger charge is -2.32. The molecule has 0 aliphatic carbocycles. The fourth-order valence-electron chi connectivity index (χ4n) is 2.24. The maximum atomic E-state index is 6.01. The van der Waals surface area contributed by atoms with Crippen molar-refractivity contribution in [2.24, 2.45) is 0 Å². The van der Waals surface area contributed by atoms with E-state index in [1.165, 1.54) is 0 Å². The molecule has 2 aromatic rings. The molecule has 0 bridgehead atoms. The quantitative estimate of drug-likeness (QED) is 0.786. The van der Waals surface area contributed by atoms with Gasteiger partial charge in [-0.2, -0.15) is 0 Å². The molecule has 1 fully saturated rings. The van der Waals surface area contributed by atoms with Gasteiger partial charge >= 0.3 is 7.12 Å². The minimum atomic E-state index is -0.370. The first kappa shape index (κ1) is 14.4. The van der Waals surface area contributed by atoms with Crippen LogP contribution in [0.4, 0.5) is 0 Å². The van der Waals surface area contributed by atoms with Crippen molar-refractivity contribution >= 4 is 24.3 Å². The highest BCUT2D eigenvalue weighted by Crippen LogP contribution is 2.38. The number of hydrogen-bond acceptors (Lipinski definition) is 4. The summed E-state index contributed by atoms with van der Waals surface area (Å²) in [7, 11) is -0.370. The molecule has 0 unspecified atom stereocenters. The second-order valence-electron chi connectivity index (χ2n) is 6.50. The van der Waals surface area contributed by atoms with E-state index in [0.717, 1.165) is 16.6 Å². The summed E-state index contributed by atoms with van der Waals surface area (Å²) in [5.74, 6) is 0.573. The van der Waals surface area contributed by atoms with E-state index in [1.807, 2.05) is 65.0 Å². The molecular formula is C16H20BNO3. The van der Waals surface area contributed by atoms with Gasteiger partial charge < -0.3 is 13.7 Å². The zero-order valence-corrected chi connectivity index (χ0v) is 13.1. The third kappa shape index (κ3) is 2.52. The van der Waals surface area contributed by atoms with Crippen LogP contribution in [0.25, 0.3) is 17.2 Å². The summed E-state index contributed by atoms with van der Waals surface area (Å²) >= 11 is 0. The van der Waals surface area contributed by atoms with E-state index < -0.39 is 0 Å². The molecule has 1 aliphatic heterocycles. The summed E-state index contributed by atoms with van der Waals surface area (Å²) in [6.07, 6.45) is 1.88. The van der Waals surface area contributed by atoms with Gasteiger partial charge in [0, 0.05) is 0 Å². The highest BCUT2D eigenvalue weighted by Gasteiger charge is 2.51. The summed E-state index contributed by atoms with van der Waals surface area (Å²) in [5, 5.41) is 0. The molecule has 0 spiro atoms. The van der Waals surface area contributed by atoms with Crippen molar-refractivity contribution in [1.29, 1.82) is 0 Å². The van der Waals surface area contributed by atoms with E-state index in [4.69, 9.17) is 13.7 Å². The van der Waals surface area contributed by atoms with Gasteiger partial charge in [0.2, 0.25) is 5.89 Å². The predicted molar refractivity (Wildman–Crippen MR) is 83.7 cm³/mol. The Hall–Kier alpha value is -1.59. The van der Waals surface area contributed by atoms with E-state index in [-0.39, 0.29) is 18.3 Å².